The molecule has 1 aliphatic heterocycles. The molecule has 2 aliphatic carbocycles. The van der Waals surface area contributed by atoms with Crippen LogP contribution in [0, 0.1) is 5.92 Å². The van der Waals surface area contributed by atoms with E-state index < -0.39 is 5.54 Å². The molecule has 120 valence electrons. The highest BCUT2D eigenvalue weighted by Crippen LogP contribution is 2.35. The maximum Gasteiger partial charge on any atom is 0.326 e. The largest absolute Gasteiger partial charge is 0.468 e. The second-order valence-corrected chi connectivity index (χ2v) is 6.77. The highest BCUT2D eigenvalue weighted by molar-refractivity contribution is 5.81. The average Bonchev–Trinajstić information content (AvgIpc) is 3.16. The first-order valence-electron chi connectivity index (χ1n) is 8.27. The fourth-order valence-electron chi connectivity index (χ4n) is 3.54. The van der Waals surface area contributed by atoms with Crippen LogP contribution >= 0.6 is 0 Å². The van der Waals surface area contributed by atoms with E-state index in [1.807, 2.05) is 0 Å². The van der Waals surface area contributed by atoms with Gasteiger partial charge in [0.25, 0.3) is 0 Å². The summed E-state index contributed by atoms with van der Waals surface area (Å²) >= 11 is 0. The van der Waals surface area contributed by atoms with Gasteiger partial charge in [0, 0.05) is 25.0 Å². The molecule has 0 spiro atoms. The Kier molecular flexibility index (Phi) is 4.82. The highest BCUT2D eigenvalue weighted by atomic mass is 16.5. The molecule has 0 bridgehead atoms. The molecule has 2 saturated carbocycles. The molecular formula is C16H27NO4. The lowest BCUT2D eigenvalue weighted by atomic mass is 9.79. The average molecular weight is 297 g/mol. The van der Waals surface area contributed by atoms with Gasteiger partial charge in [-0.1, -0.05) is 0 Å². The number of esters is 1. The van der Waals surface area contributed by atoms with Crippen LogP contribution in [0.2, 0.25) is 0 Å². The Morgan fingerprint density at radius 2 is 2.19 bits per heavy atom. The van der Waals surface area contributed by atoms with Crippen molar-refractivity contribution in [2.75, 3.05) is 26.9 Å². The molecule has 0 aromatic carbocycles. The predicted octanol–water partition coefficient (Wildman–Crippen LogP) is 1.65. The summed E-state index contributed by atoms with van der Waals surface area (Å²) in [6.45, 7) is 2.43. The number of methoxy groups -OCH3 is 1. The summed E-state index contributed by atoms with van der Waals surface area (Å²) in [4.78, 5) is 12.3. The standard InChI is InChI=1S/C16H27NO4/c1-19-15(18)16(17-13-4-5-13)7-2-3-14(9-16)21-11-12-6-8-20-10-12/h12-14,17H,2-11H2,1H3. The van der Waals surface area contributed by atoms with Crippen LogP contribution in [-0.4, -0.2) is 50.6 Å². The van der Waals surface area contributed by atoms with E-state index in [9.17, 15) is 4.79 Å². The summed E-state index contributed by atoms with van der Waals surface area (Å²) in [5, 5.41) is 3.54. The van der Waals surface area contributed by atoms with Crippen LogP contribution in [0.15, 0.2) is 0 Å². The van der Waals surface area contributed by atoms with Gasteiger partial charge in [0.1, 0.15) is 5.54 Å². The van der Waals surface area contributed by atoms with Gasteiger partial charge < -0.3 is 14.2 Å². The van der Waals surface area contributed by atoms with Gasteiger partial charge in [-0.05, 0) is 38.5 Å². The van der Waals surface area contributed by atoms with E-state index in [2.05, 4.69) is 5.32 Å². The Hall–Kier alpha value is -0.650. The first-order valence-corrected chi connectivity index (χ1v) is 8.27. The minimum absolute atomic E-state index is 0.119. The summed E-state index contributed by atoms with van der Waals surface area (Å²) in [5.74, 6) is 0.405. The zero-order valence-electron chi connectivity index (χ0n) is 12.9. The molecule has 1 heterocycles. The van der Waals surface area contributed by atoms with Crippen molar-refractivity contribution < 1.29 is 19.0 Å². The van der Waals surface area contributed by atoms with Gasteiger partial charge in [0.2, 0.25) is 0 Å². The number of carbonyl (C=O) groups excluding carboxylic acids is 1. The number of carbonyl (C=O) groups is 1. The molecule has 1 saturated heterocycles. The Morgan fingerprint density at radius 3 is 2.86 bits per heavy atom. The number of rotatable bonds is 6. The number of hydrogen-bond donors (Lipinski definition) is 1. The Bertz CT molecular complexity index is 365. The minimum Gasteiger partial charge on any atom is -0.468 e. The molecule has 0 radical (unpaired) electrons. The van der Waals surface area contributed by atoms with Crippen LogP contribution in [0.4, 0.5) is 0 Å². The fraction of sp³-hybridized carbons (Fsp3) is 0.938. The van der Waals surface area contributed by atoms with Crippen LogP contribution in [0.5, 0.6) is 0 Å². The zero-order valence-corrected chi connectivity index (χ0v) is 12.9. The Morgan fingerprint density at radius 1 is 1.33 bits per heavy atom. The molecule has 1 N–H and O–H groups in total. The van der Waals surface area contributed by atoms with Gasteiger partial charge in [0.05, 0.1) is 26.4 Å². The third-order valence-electron chi connectivity index (χ3n) is 4.93. The summed E-state index contributed by atoms with van der Waals surface area (Å²) in [6, 6.07) is 0.492. The quantitative estimate of drug-likeness (QED) is 0.755. The molecule has 3 atom stereocenters. The maximum absolute atomic E-state index is 12.3. The van der Waals surface area contributed by atoms with Crippen LogP contribution in [0.3, 0.4) is 0 Å². The van der Waals surface area contributed by atoms with Crippen LogP contribution in [0.1, 0.15) is 44.9 Å². The molecule has 0 aromatic heterocycles. The van der Waals surface area contributed by atoms with E-state index in [1.165, 1.54) is 20.0 Å². The van der Waals surface area contributed by atoms with E-state index in [4.69, 9.17) is 14.2 Å². The minimum atomic E-state index is -0.523. The normalized spacial score (nSPS) is 36.6. The van der Waals surface area contributed by atoms with Crippen molar-refractivity contribution in [2.24, 2.45) is 5.92 Å². The molecule has 3 fully saturated rings. The SMILES string of the molecule is COC(=O)C1(NC2CC2)CCCC(OCC2CCOC2)C1. The lowest BCUT2D eigenvalue weighted by Gasteiger charge is -2.39. The van der Waals surface area contributed by atoms with Crippen molar-refractivity contribution in [3.63, 3.8) is 0 Å². The van der Waals surface area contributed by atoms with E-state index in [0.717, 1.165) is 51.9 Å². The van der Waals surface area contributed by atoms with Crippen LogP contribution in [-0.2, 0) is 19.0 Å². The first-order chi connectivity index (χ1) is 10.2. The van der Waals surface area contributed by atoms with Gasteiger partial charge in [-0.3, -0.25) is 10.1 Å². The van der Waals surface area contributed by atoms with Gasteiger partial charge in [0.15, 0.2) is 0 Å². The maximum atomic E-state index is 12.3. The molecule has 3 rings (SSSR count). The molecule has 21 heavy (non-hydrogen) atoms. The predicted molar refractivity (Wildman–Crippen MR) is 78.0 cm³/mol. The van der Waals surface area contributed by atoms with Gasteiger partial charge in [-0.25, -0.2) is 0 Å². The summed E-state index contributed by atoms with van der Waals surface area (Å²) in [6.07, 6.45) is 7.25. The lowest BCUT2D eigenvalue weighted by Crippen LogP contribution is -2.57. The second-order valence-electron chi connectivity index (χ2n) is 6.77. The van der Waals surface area contributed by atoms with Gasteiger partial charge >= 0.3 is 5.97 Å². The number of hydrogen-bond acceptors (Lipinski definition) is 5. The third kappa shape index (κ3) is 3.76. The first kappa shape index (κ1) is 15.3. The van der Waals surface area contributed by atoms with Gasteiger partial charge in [-0.15, -0.1) is 0 Å². The van der Waals surface area contributed by atoms with Crippen molar-refractivity contribution in [2.45, 2.75) is 62.6 Å². The molecule has 0 aromatic rings. The van der Waals surface area contributed by atoms with E-state index >= 15 is 0 Å². The van der Waals surface area contributed by atoms with Crippen molar-refractivity contribution >= 4 is 5.97 Å². The lowest BCUT2D eigenvalue weighted by molar-refractivity contribution is -0.153. The molecule has 3 aliphatic rings. The number of nitrogens with one attached hydrogen (secondary N) is 1. The summed E-state index contributed by atoms with van der Waals surface area (Å²) in [7, 11) is 1.49. The smallest absolute Gasteiger partial charge is 0.326 e. The van der Waals surface area contributed by atoms with Crippen molar-refractivity contribution in [1.82, 2.24) is 5.32 Å². The summed E-state index contributed by atoms with van der Waals surface area (Å²) in [5.41, 5.74) is -0.523. The monoisotopic (exact) mass is 297 g/mol. The van der Waals surface area contributed by atoms with Crippen molar-refractivity contribution in [1.29, 1.82) is 0 Å². The summed E-state index contributed by atoms with van der Waals surface area (Å²) < 4.78 is 16.5. The molecular weight excluding hydrogens is 270 g/mol. The topological polar surface area (TPSA) is 56.8 Å². The molecule has 3 unspecified atom stereocenters. The fourth-order valence-corrected chi connectivity index (χ4v) is 3.54. The second kappa shape index (κ2) is 6.63. The third-order valence-corrected chi connectivity index (χ3v) is 4.93. The van der Waals surface area contributed by atoms with Crippen molar-refractivity contribution in [3.05, 3.63) is 0 Å². The van der Waals surface area contributed by atoms with E-state index in [1.54, 1.807) is 0 Å². The molecule has 5 nitrogen and oxygen atoms in total. The number of ether oxygens (including phenoxy) is 3. The van der Waals surface area contributed by atoms with Crippen molar-refractivity contribution in [3.8, 4) is 0 Å². The van der Waals surface area contributed by atoms with E-state index in [-0.39, 0.29) is 12.1 Å². The Labute approximate surface area is 126 Å². The van der Waals surface area contributed by atoms with Gasteiger partial charge in [-0.2, -0.15) is 0 Å². The van der Waals surface area contributed by atoms with Crippen LogP contribution in [0.25, 0.3) is 0 Å². The molecule has 5 heteroatoms. The highest BCUT2D eigenvalue weighted by Gasteiger charge is 2.47. The zero-order chi connectivity index (χ0) is 14.7. The van der Waals surface area contributed by atoms with Crippen LogP contribution < -0.4 is 5.32 Å². The van der Waals surface area contributed by atoms with E-state index in [0.29, 0.717) is 12.0 Å². The Balaban J connectivity index is 1.56. The molecule has 0 amide bonds.